The van der Waals surface area contributed by atoms with Gasteiger partial charge < -0.3 is 15.2 Å². The Kier molecular flexibility index (Phi) is 3.10. The van der Waals surface area contributed by atoms with Gasteiger partial charge in [-0.05, 0) is 13.0 Å². The third-order valence-corrected chi connectivity index (χ3v) is 2.84. The van der Waals surface area contributed by atoms with Gasteiger partial charge in [-0.3, -0.25) is 4.79 Å². The standard InChI is InChI=1S/C12H15NO3/c1-8(12(14)15)13-6-9-7-16-11-5-3-2-4-10(9)11/h2-5,8-9,13H,6-7H2,1H3,(H,14,15). The summed E-state index contributed by atoms with van der Waals surface area (Å²) in [6.45, 7) is 2.90. The number of hydrogen-bond acceptors (Lipinski definition) is 3. The molecular weight excluding hydrogens is 206 g/mol. The Hall–Kier alpha value is -1.55. The number of hydrogen-bond donors (Lipinski definition) is 2. The van der Waals surface area contributed by atoms with Crippen LogP contribution in [0, 0.1) is 0 Å². The normalized spacial score (nSPS) is 19.9. The summed E-state index contributed by atoms with van der Waals surface area (Å²) in [6, 6.07) is 7.36. The minimum absolute atomic E-state index is 0.248. The number of carbonyl (C=O) groups is 1. The van der Waals surface area contributed by atoms with Gasteiger partial charge in [0.1, 0.15) is 11.8 Å². The van der Waals surface area contributed by atoms with Gasteiger partial charge in [-0.1, -0.05) is 18.2 Å². The summed E-state index contributed by atoms with van der Waals surface area (Å²) >= 11 is 0. The Morgan fingerprint density at radius 1 is 1.62 bits per heavy atom. The van der Waals surface area contributed by atoms with Gasteiger partial charge in [-0.15, -0.1) is 0 Å². The van der Waals surface area contributed by atoms with Gasteiger partial charge in [-0.25, -0.2) is 0 Å². The largest absolute Gasteiger partial charge is 0.493 e. The predicted molar refractivity (Wildman–Crippen MR) is 59.8 cm³/mol. The smallest absolute Gasteiger partial charge is 0.320 e. The molecule has 4 nitrogen and oxygen atoms in total. The van der Waals surface area contributed by atoms with E-state index in [1.54, 1.807) is 6.92 Å². The Labute approximate surface area is 94.2 Å². The van der Waals surface area contributed by atoms with Crippen molar-refractivity contribution in [3.8, 4) is 5.75 Å². The molecule has 16 heavy (non-hydrogen) atoms. The summed E-state index contributed by atoms with van der Waals surface area (Å²) in [5, 5.41) is 11.7. The van der Waals surface area contributed by atoms with Crippen LogP contribution in [0.3, 0.4) is 0 Å². The number of benzene rings is 1. The van der Waals surface area contributed by atoms with Gasteiger partial charge in [0.15, 0.2) is 0 Å². The fraction of sp³-hybridized carbons (Fsp3) is 0.417. The Morgan fingerprint density at radius 3 is 3.12 bits per heavy atom. The van der Waals surface area contributed by atoms with E-state index in [2.05, 4.69) is 5.32 Å². The lowest BCUT2D eigenvalue weighted by atomic mass is 10.0. The molecule has 0 amide bonds. The van der Waals surface area contributed by atoms with Crippen LogP contribution < -0.4 is 10.1 Å². The first kappa shape index (κ1) is 11.0. The van der Waals surface area contributed by atoms with Crippen molar-refractivity contribution in [3.05, 3.63) is 29.8 Å². The lowest BCUT2D eigenvalue weighted by molar-refractivity contribution is -0.139. The maximum Gasteiger partial charge on any atom is 0.320 e. The molecule has 86 valence electrons. The molecule has 0 saturated carbocycles. The molecule has 0 aliphatic carbocycles. The van der Waals surface area contributed by atoms with E-state index >= 15 is 0 Å². The first-order valence-electron chi connectivity index (χ1n) is 5.36. The molecular formula is C12H15NO3. The third kappa shape index (κ3) is 2.17. The van der Waals surface area contributed by atoms with Crippen LogP contribution in [-0.2, 0) is 4.79 Å². The number of aliphatic carboxylic acids is 1. The maximum atomic E-state index is 10.7. The van der Waals surface area contributed by atoms with Crippen LogP contribution in [0.5, 0.6) is 5.75 Å². The minimum Gasteiger partial charge on any atom is -0.493 e. The van der Waals surface area contributed by atoms with Gasteiger partial charge in [0.25, 0.3) is 0 Å². The number of para-hydroxylation sites is 1. The zero-order valence-electron chi connectivity index (χ0n) is 9.14. The Balaban J connectivity index is 1.96. The van der Waals surface area contributed by atoms with Crippen molar-refractivity contribution >= 4 is 5.97 Å². The molecule has 1 aromatic rings. The number of fused-ring (bicyclic) bond motifs is 1. The van der Waals surface area contributed by atoms with Crippen LogP contribution in [0.2, 0.25) is 0 Å². The number of carboxylic acid groups (broad SMARTS) is 1. The number of rotatable bonds is 4. The SMILES string of the molecule is CC(NCC1COc2ccccc21)C(=O)O. The van der Waals surface area contributed by atoms with Gasteiger partial charge >= 0.3 is 5.97 Å². The van der Waals surface area contributed by atoms with Crippen molar-refractivity contribution in [1.29, 1.82) is 0 Å². The molecule has 1 aromatic carbocycles. The predicted octanol–water partition coefficient (Wildman–Crippen LogP) is 1.23. The highest BCUT2D eigenvalue weighted by Crippen LogP contribution is 2.32. The lowest BCUT2D eigenvalue weighted by Crippen LogP contribution is -2.36. The van der Waals surface area contributed by atoms with E-state index < -0.39 is 12.0 Å². The van der Waals surface area contributed by atoms with Gasteiger partial charge in [0.05, 0.1) is 6.61 Å². The van der Waals surface area contributed by atoms with Crippen LogP contribution in [0.1, 0.15) is 18.4 Å². The van der Waals surface area contributed by atoms with Crippen LogP contribution in [0.15, 0.2) is 24.3 Å². The topological polar surface area (TPSA) is 58.6 Å². The molecule has 2 atom stereocenters. The molecule has 2 rings (SSSR count). The molecule has 1 aliphatic rings. The fourth-order valence-electron chi connectivity index (χ4n) is 1.80. The summed E-state index contributed by atoms with van der Waals surface area (Å²) in [4.78, 5) is 10.7. The van der Waals surface area contributed by atoms with Crippen molar-refractivity contribution in [2.24, 2.45) is 0 Å². The molecule has 0 saturated heterocycles. The van der Waals surface area contributed by atoms with Gasteiger partial charge in [-0.2, -0.15) is 0 Å². The molecule has 0 aromatic heterocycles. The fourth-order valence-corrected chi connectivity index (χ4v) is 1.80. The molecule has 0 bridgehead atoms. The second-order valence-corrected chi connectivity index (χ2v) is 4.01. The molecule has 0 fully saturated rings. The second-order valence-electron chi connectivity index (χ2n) is 4.01. The molecule has 1 heterocycles. The quantitative estimate of drug-likeness (QED) is 0.802. The number of carboxylic acids is 1. The van der Waals surface area contributed by atoms with Crippen molar-refractivity contribution in [2.45, 2.75) is 18.9 Å². The van der Waals surface area contributed by atoms with Crippen LogP contribution in [0.25, 0.3) is 0 Å². The van der Waals surface area contributed by atoms with E-state index in [0.29, 0.717) is 13.2 Å². The zero-order valence-corrected chi connectivity index (χ0v) is 9.14. The van der Waals surface area contributed by atoms with Crippen LogP contribution >= 0.6 is 0 Å². The van der Waals surface area contributed by atoms with Crippen LogP contribution in [-0.4, -0.2) is 30.3 Å². The van der Waals surface area contributed by atoms with Crippen molar-refractivity contribution in [3.63, 3.8) is 0 Å². The summed E-state index contributed by atoms with van der Waals surface area (Å²) in [6.07, 6.45) is 0. The van der Waals surface area contributed by atoms with Crippen molar-refractivity contribution in [2.75, 3.05) is 13.2 Å². The summed E-state index contributed by atoms with van der Waals surface area (Å²) in [5.74, 6) is 0.336. The van der Waals surface area contributed by atoms with E-state index in [4.69, 9.17) is 9.84 Å². The monoisotopic (exact) mass is 221 g/mol. The van der Waals surface area contributed by atoms with Crippen LogP contribution in [0.4, 0.5) is 0 Å². The average molecular weight is 221 g/mol. The van der Waals surface area contributed by atoms with Crippen molar-refractivity contribution < 1.29 is 14.6 Å². The van der Waals surface area contributed by atoms with E-state index in [1.165, 1.54) is 0 Å². The molecule has 0 spiro atoms. The number of ether oxygens (including phenoxy) is 1. The van der Waals surface area contributed by atoms with E-state index in [0.717, 1.165) is 11.3 Å². The Bertz CT molecular complexity index is 392. The first-order chi connectivity index (χ1) is 7.68. The highest BCUT2D eigenvalue weighted by atomic mass is 16.5. The van der Waals surface area contributed by atoms with Gasteiger partial charge in [0.2, 0.25) is 0 Å². The van der Waals surface area contributed by atoms with E-state index in [9.17, 15) is 4.79 Å². The molecule has 2 unspecified atom stereocenters. The lowest BCUT2D eigenvalue weighted by Gasteiger charge is -2.13. The molecule has 4 heteroatoms. The molecule has 1 aliphatic heterocycles. The Morgan fingerprint density at radius 2 is 2.38 bits per heavy atom. The summed E-state index contributed by atoms with van der Waals surface area (Å²) in [7, 11) is 0. The van der Waals surface area contributed by atoms with E-state index in [-0.39, 0.29) is 5.92 Å². The average Bonchev–Trinajstić information content (AvgIpc) is 2.69. The molecule has 2 N–H and O–H groups in total. The van der Waals surface area contributed by atoms with Gasteiger partial charge in [0, 0.05) is 18.0 Å². The third-order valence-electron chi connectivity index (χ3n) is 2.84. The zero-order chi connectivity index (χ0) is 11.5. The van der Waals surface area contributed by atoms with Crippen molar-refractivity contribution in [1.82, 2.24) is 5.32 Å². The highest BCUT2D eigenvalue weighted by molar-refractivity contribution is 5.72. The molecule has 0 radical (unpaired) electrons. The highest BCUT2D eigenvalue weighted by Gasteiger charge is 2.24. The minimum atomic E-state index is -0.827. The maximum absolute atomic E-state index is 10.7. The second kappa shape index (κ2) is 4.53. The van der Waals surface area contributed by atoms with E-state index in [1.807, 2.05) is 24.3 Å². The summed E-state index contributed by atoms with van der Waals surface area (Å²) < 4.78 is 5.52. The summed E-state index contributed by atoms with van der Waals surface area (Å²) in [5.41, 5.74) is 1.16. The first-order valence-corrected chi connectivity index (χ1v) is 5.36. The number of nitrogens with one attached hydrogen (secondary N) is 1.